The quantitative estimate of drug-likeness (QED) is 0.517. The van der Waals surface area contributed by atoms with Gasteiger partial charge in [0.1, 0.15) is 0 Å². The number of nitrogens with zero attached hydrogens (tertiary/aromatic N) is 5. The zero-order chi connectivity index (χ0) is 18.1. The second-order valence-corrected chi connectivity index (χ2v) is 4.56. The highest BCUT2D eigenvalue weighted by Crippen LogP contribution is 2.29. The summed E-state index contributed by atoms with van der Waals surface area (Å²) in [6.07, 6.45) is 0. The fourth-order valence-electron chi connectivity index (χ4n) is 1.41. The summed E-state index contributed by atoms with van der Waals surface area (Å²) in [6, 6.07) is 12.2. The largest absolute Gasteiger partial charge is 0.502 e. The summed E-state index contributed by atoms with van der Waals surface area (Å²) in [6.45, 7) is 0. The van der Waals surface area contributed by atoms with Crippen LogP contribution in [0, 0.1) is 20.2 Å². The standard InChI is InChI=1S/C8H11N3.C6H4N2O5/c1-11(2)10-9-8-6-4-3-5-7-8;9-6-2-1-4(7(10)11)3-5(6)8(12)13/h3-7H,1-2H3;1-3,9H. The molecule has 2 aromatic rings. The zero-order valence-corrected chi connectivity index (χ0v) is 12.9. The van der Waals surface area contributed by atoms with Crippen LogP contribution in [-0.2, 0) is 0 Å². The fourth-order valence-corrected chi connectivity index (χ4v) is 1.41. The molecule has 0 aromatic heterocycles. The van der Waals surface area contributed by atoms with Crippen LogP contribution in [-0.4, -0.2) is 34.1 Å². The van der Waals surface area contributed by atoms with Gasteiger partial charge in [0.2, 0.25) is 0 Å². The lowest BCUT2D eigenvalue weighted by molar-refractivity contribution is -0.394. The van der Waals surface area contributed by atoms with Gasteiger partial charge in [0, 0.05) is 20.2 Å². The van der Waals surface area contributed by atoms with Crippen LogP contribution >= 0.6 is 0 Å². The highest BCUT2D eigenvalue weighted by Gasteiger charge is 2.18. The number of rotatable bonds is 4. The number of benzene rings is 2. The molecule has 0 fully saturated rings. The van der Waals surface area contributed by atoms with Crippen LogP contribution in [0.1, 0.15) is 0 Å². The minimum Gasteiger partial charge on any atom is -0.502 e. The van der Waals surface area contributed by atoms with E-state index in [-0.39, 0.29) is 0 Å². The molecule has 0 amide bonds. The smallest absolute Gasteiger partial charge is 0.317 e. The van der Waals surface area contributed by atoms with E-state index >= 15 is 0 Å². The third-order valence-corrected chi connectivity index (χ3v) is 2.46. The molecule has 0 atom stereocenters. The number of nitro benzene ring substituents is 2. The highest BCUT2D eigenvalue weighted by molar-refractivity contribution is 5.52. The van der Waals surface area contributed by atoms with Gasteiger partial charge in [-0.15, -0.1) is 5.11 Å². The molecule has 0 radical (unpaired) electrons. The molecule has 0 aliphatic heterocycles. The summed E-state index contributed by atoms with van der Waals surface area (Å²) >= 11 is 0. The van der Waals surface area contributed by atoms with Crippen LogP contribution in [0.2, 0.25) is 0 Å². The van der Waals surface area contributed by atoms with Gasteiger partial charge in [0.25, 0.3) is 5.69 Å². The summed E-state index contributed by atoms with van der Waals surface area (Å²) in [5.74, 6) is -0.587. The van der Waals surface area contributed by atoms with Crippen molar-refractivity contribution in [3.8, 4) is 5.75 Å². The third-order valence-electron chi connectivity index (χ3n) is 2.46. The first-order chi connectivity index (χ1) is 11.3. The number of hydrogen-bond acceptors (Lipinski definition) is 7. The number of aromatic hydroxyl groups is 1. The van der Waals surface area contributed by atoms with Crippen LogP contribution in [0.5, 0.6) is 5.75 Å². The van der Waals surface area contributed by atoms with E-state index in [2.05, 4.69) is 10.3 Å². The van der Waals surface area contributed by atoms with Gasteiger partial charge in [0.05, 0.1) is 21.6 Å². The van der Waals surface area contributed by atoms with Gasteiger partial charge in [-0.2, -0.15) is 0 Å². The molecule has 0 bridgehead atoms. The Morgan fingerprint density at radius 2 is 1.62 bits per heavy atom. The van der Waals surface area contributed by atoms with Crippen molar-refractivity contribution in [2.75, 3.05) is 14.1 Å². The summed E-state index contributed by atoms with van der Waals surface area (Å²) in [7, 11) is 3.68. The molecular formula is C14H15N5O5. The molecule has 10 heteroatoms. The van der Waals surface area contributed by atoms with Crippen molar-refractivity contribution in [2.45, 2.75) is 0 Å². The Kier molecular flexibility index (Phi) is 6.76. The van der Waals surface area contributed by atoms with E-state index in [0.29, 0.717) is 6.07 Å². The predicted molar refractivity (Wildman–Crippen MR) is 86.1 cm³/mol. The molecule has 0 spiro atoms. The molecule has 0 saturated carbocycles. The average Bonchev–Trinajstić information content (AvgIpc) is 2.54. The normalized spacial score (nSPS) is 9.92. The molecule has 10 nitrogen and oxygen atoms in total. The Morgan fingerprint density at radius 1 is 1.00 bits per heavy atom. The molecule has 2 rings (SSSR count). The number of phenols is 1. The van der Waals surface area contributed by atoms with Crippen molar-refractivity contribution < 1.29 is 15.0 Å². The average molecular weight is 333 g/mol. The van der Waals surface area contributed by atoms with E-state index in [1.54, 1.807) is 5.01 Å². The number of hydrogen-bond donors (Lipinski definition) is 1. The Balaban J connectivity index is 0.000000243. The van der Waals surface area contributed by atoms with E-state index < -0.39 is 27.0 Å². The van der Waals surface area contributed by atoms with Crippen LogP contribution < -0.4 is 0 Å². The number of non-ortho nitro benzene ring substituents is 1. The van der Waals surface area contributed by atoms with Crippen molar-refractivity contribution >= 4 is 17.1 Å². The monoisotopic (exact) mass is 333 g/mol. The molecule has 0 heterocycles. The van der Waals surface area contributed by atoms with Crippen molar-refractivity contribution in [3.63, 3.8) is 0 Å². The van der Waals surface area contributed by atoms with Crippen LogP contribution in [0.25, 0.3) is 0 Å². The molecule has 2 aromatic carbocycles. The van der Waals surface area contributed by atoms with Gasteiger partial charge < -0.3 is 5.11 Å². The lowest BCUT2D eigenvalue weighted by Gasteiger charge is -1.99. The van der Waals surface area contributed by atoms with Crippen molar-refractivity contribution in [3.05, 3.63) is 68.8 Å². The minimum absolute atomic E-state index is 0.426. The number of nitro groups is 2. The van der Waals surface area contributed by atoms with Crippen LogP contribution in [0.15, 0.2) is 58.9 Å². The van der Waals surface area contributed by atoms with Gasteiger partial charge in [-0.25, -0.2) is 0 Å². The first-order valence-corrected chi connectivity index (χ1v) is 6.57. The lowest BCUT2D eigenvalue weighted by atomic mass is 10.2. The Bertz CT molecular complexity index is 734. The first kappa shape index (κ1) is 18.5. The summed E-state index contributed by atoms with van der Waals surface area (Å²) < 4.78 is 0. The molecule has 0 unspecified atom stereocenters. The van der Waals surface area contributed by atoms with Crippen LogP contribution in [0.4, 0.5) is 17.1 Å². The summed E-state index contributed by atoms with van der Waals surface area (Å²) in [5, 5.41) is 38.8. The van der Waals surface area contributed by atoms with Gasteiger partial charge in [0.15, 0.2) is 5.75 Å². The molecule has 0 aliphatic carbocycles. The maximum absolute atomic E-state index is 10.2. The maximum atomic E-state index is 10.2. The van der Waals surface area contributed by atoms with E-state index in [4.69, 9.17) is 5.11 Å². The Morgan fingerprint density at radius 3 is 2.12 bits per heavy atom. The van der Waals surface area contributed by atoms with E-state index in [9.17, 15) is 20.2 Å². The van der Waals surface area contributed by atoms with Gasteiger partial charge in [-0.3, -0.25) is 25.2 Å². The third kappa shape index (κ3) is 6.05. The predicted octanol–water partition coefficient (Wildman–Crippen LogP) is 3.46. The van der Waals surface area contributed by atoms with Gasteiger partial charge in [-0.1, -0.05) is 23.4 Å². The highest BCUT2D eigenvalue weighted by atomic mass is 16.6. The lowest BCUT2D eigenvalue weighted by Crippen LogP contribution is -1.98. The topological polar surface area (TPSA) is 134 Å². The van der Waals surface area contributed by atoms with E-state index in [1.807, 2.05) is 44.4 Å². The summed E-state index contributed by atoms with van der Waals surface area (Å²) in [4.78, 5) is 18.7. The van der Waals surface area contributed by atoms with Crippen molar-refractivity contribution in [1.82, 2.24) is 5.01 Å². The zero-order valence-electron chi connectivity index (χ0n) is 12.9. The summed E-state index contributed by atoms with van der Waals surface area (Å²) in [5.41, 5.74) is -0.222. The van der Waals surface area contributed by atoms with Gasteiger partial charge in [-0.05, 0) is 18.2 Å². The number of phenolic OH excluding ortho intramolecular Hbond substituents is 1. The fraction of sp³-hybridized carbons (Fsp3) is 0.143. The molecular weight excluding hydrogens is 318 g/mol. The first-order valence-electron chi connectivity index (χ1n) is 6.57. The molecule has 0 saturated heterocycles. The second kappa shape index (κ2) is 8.78. The Labute approximate surface area is 137 Å². The minimum atomic E-state index is -0.887. The second-order valence-electron chi connectivity index (χ2n) is 4.56. The molecule has 1 N–H and O–H groups in total. The van der Waals surface area contributed by atoms with Crippen molar-refractivity contribution in [2.24, 2.45) is 10.3 Å². The SMILES string of the molecule is CN(C)N=Nc1ccccc1.O=[N+]([O-])c1ccc(O)c([N+](=O)[O-])c1. The molecule has 126 valence electrons. The van der Waals surface area contributed by atoms with Crippen LogP contribution in [0.3, 0.4) is 0 Å². The van der Waals surface area contributed by atoms with Gasteiger partial charge >= 0.3 is 5.69 Å². The molecule has 0 aliphatic rings. The maximum Gasteiger partial charge on any atom is 0.317 e. The van der Waals surface area contributed by atoms with Crippen molar-refractivity contribution in [1.29, 1.82) is 0 Å². The van der Waals surface area contributed by atoms with E-state index in [1.165, 1.54) is 0 Å². The van der Waals surface area contributed by atoms with E-state index in [0.717, 1.165) is 17.8 Å². The Hall–Kier alpha value is -3.56. The molecule has 24 heavy (non-hydrogen) atoms.